The maximum absolute atomic E-state index is 12.7. The monoisotopic (exact) mass is 358 g/mol. The predicted molar refractivity (Wildman–Crippen MR) is 97.9 cm³/mol. The third-order valence-electron chi connectivity index (χ3n) is 5.75. The average Bonchev–Trinajstić information content (AvgIpc) is 2.99. The SMILES string of the molecule is Cc1ccc(N2CC[C@@H](C(=O)NC3CCC(C(=O)O)CC3)C2=O)cc1C. The molecule has 1 atom stereocenters. The summed E-state index contributed by atoms with van der Waals surface area (Å²) < 4.78 is 0. The molecule has 140 valence electrons. The van der Waals surface area contributed by atoms with Gasteiger partial charge in [0.1, 0.15) is 5.92 Å². The average molecular weight is 358 g/mol. The van der Waals surface area contributed by atoms with Crippen molar-refractivity contribution in [3.63, 3.8) is 0 Å². The Morgan fingerprint density at radius 2 is 1.77 bits per heavy atom. The van der Waals surface area contributed by atoms with Gasteiger partial charge in [-0.1, -0.05) is 6.07 Å². The number of amides is 2. The lowest BCUT2D eigenvalue weighted by molar-refractivity contribution is -0.142. The van der Waals surface area contributed by atoms with E-state index in [1.54, 1.807) is 4.90 Å². The van der Waals surface area contributed by atoms with E-state index in [0.717, 1.165) is 11.3 Å². The van der Waals surface area contributed by atoms with Crippen LogP contribution in [0.4, 0.5) is 5.69 Å². The first kappa shape index (κ1) is 18.4. The second-order valence-corrected chi connectivity index (χ2v) is 7.50. The quantitative estimate of drug-likeness (QED) is 0.809. The van der Waals surface area contributed by atoms with E-state index in [9.17, 15) is 14.4 Å². The van der Waals surface area contributed by atoms with Crippen molar-refractivity contribution in [2.24, 2.45) is 11.8 Å². The van der Waals surface area contributed by atoms with Crippen LogP contribution in [0, 0.1) is 25.7 Å². The maximum Gasteiger partial charge on any atom is 0.306 e. The molecule has 2 fully saturated rings. The molecule has 26 heavy (non-hydrogen) atoms. The second-order valence-electron chi connectivity index (χ2n) is 7.50. The topological polar surface area (TPSA) is 86.7 Å². The van der Waals surface area contributed by atoms with Crippen molar-refractivity contribution >= 4 is 23.5 Å². The van der Waals surface area contributed by atoms with E-state index in [-0.39, 0.29) is 23.8 Å². The van der Waals surface area contributed by atoms with Crippen LogP contribution < -0.4 is 10.2 Å². The number of aliphatic carboxylic acids is 1. The molecule has 2 aliphatic rings. The van der Waals surface area contributed by atoms with Gasteiger partial charge in [-0.2, -0.15) is 0 Å². The number of carbonyl (C=O) groups excluding carboxylic acids is 2. The molecular formula is C20H26N2O4. The number of hydrogen-bond acceptors (Lipinski definition) is 3. The molecule has 3 rings (SSSR count). The van der Waals surface area contributed by atoms with Gasteiger partial charge in [-0.25, -0.2) is 0 Å². The molecule has 1 aliphatic heterocycles. The van der Waals surface area contributed by atoms with Crippen molar-refractivity contribution in [2.75, 3.05) is 11.4 Å². The largest absolute Gasteiger partial charge is 0.481 e. The van der Waals surface area contributed by atoms with E-state index in [1.807, 2.05) is 32.0 Å². The van der Waals surface area contributed by atoms with Crippen LogP contribution in [-0.2, 0) is 14.4 Å². The zero-order chi connectivity index (χ0) is 18.8. The van der Waals surface area contributed by atoms with Gasteiger partial charge < -0.3 is 15.3 Å². The minimum Gasteiger partial charge on any atom is -0.481 e. The highest BCUT2D eigenvalue weighted by atomic mass is 16.4. The molecule has 1 saturated heterocycles. The Morgan fingerprint density at radius 3 is 2.38 bits per heavy atom. The zero-order valence-electron chi connectivity index (χ0n) is 15.3. The molecule has 6 heteroatoms. The van der Waals surface area contributed by atoms with E-state index < -0.39 is 11.9 Å². The van der Waals surface area contributed by atoms with Crippen LogP contribution in [0.15, 0.2) is 18.2 Å². The van der Waals surface area contributed by atoms with Crippen LogP contribution >= 0.6 is 0 Å². The third-order valence-corrected chi connectivity index (χ3v) is 5.75. The standard InChI is InChI=1S/C20H26N2O4/c1-12-3-8-16(11-13(12)2)22-10-9-17(19(22)24)18(23)21-15-6-4-14(5-7-15)20(25)26/h3,8,11,14-15,17H,4-7,9-10H2,1-2H3,(H,21,23)(H,25,26)/t14?,15?,17-/m0/s1. The number of aryl methyl sites for hydroxylation is 2. The van der Waals surface area contributed by atoms with Gasteiger partial charge in [0.2, 0.25) is 11.8 Å². The Kier molecular flexibility index (Phi) is 5.30. The fourth-order valence-corrected chi connectivity index (χ4v) is 3.86. The summed E-state index contributed by atoms with van der Waals surface area (Å²) >= 11 is 0. The molecular weight excluding hydrogens is 332 g/mol. The molecule has 1 heterocycles. The highest BCUT2D eigenvalue weighted by Gasteiger charge is 2.38. The smallest absolute Gasteiger partial charge is 0.306 e. The molecule has 0 spiro atoms. The van der Waals surface area contributed by atoms with Crippen LogP contribution in [0.3, 0.4) is 0 Å². The first-order valence-electron chi connectivity index (χ1n) is 9.28. The van der Waals surface area contributed by atoms with Crippen LogP contribution in [0.25, 0.3) is 0 Å². The van der Waals surface area contributed by atoms with E-state index in [0.29, 0.717) is 38.6 Å². The van der Waals surface area contributed by atoms with Crippen molar-refractivity contribution in [2.45, 2.75) is 52.0 Å². The maximum atomic E-state index is 12.7. The summed E-state index contributed by atoms with van der Waals surface area (Å²) in [6.45, 7) is 4.59. The highest BCUT2D eigenvalue weighted by molar-refractivity contribution is 6.09. The molecule has 0 unspecified atom stereocenters. The number of anilines is 1. The van der Waals surface area contributed by atoms with Crippen molar-refractivity contribution < 1.29 is 19.5 Å². The van der Waals surface area contributed by atoms with Gasteiger partial charge in [0.15, 0.2) is 0 Å². The van der Waals surface area contributed by atoms with Crippen LogP contribution in [0.1, 0.15) is 43.2 Å². The molecule has 0 radical (unpaired) electrons. The van der Waals surface area contributed by atoms with Gasteiger partial charge >= 0.3 is 5.97 Å². The summed E-state index contributed by atoms with van der Waals surface area (Å²) in [5.41, 5.74) is 3.14. The lowest BCUT2D eigenvalue weighted by Crippen LogP contribution is -2.43. The molecule has 1 aliphatic carbocycles. The van der Waals surface area contributed by atoms with Gasteiger partial charge in [-0.3, -0.25) is 14.4 Å². The fourth-order valence-electron chi connectivity index (χ4n) is 3.86. The van der Waals surface area contributed by atoms with Gasteiger partial charge in [0.05, 0.1) is 5.92 Å². The Morgan fingerprint density at radius 1 is 1.08 bits per heavy atom. The Hall–Kier alpha value is -2.37. The van der Waals surface area contributed by atoms with Crippen molar-refractivity contribution in [1.29, 1.82) is 0 Å². The molecule has 2 N–H and O–H groups in total. The van der Waals surface area contributed by atoms with Crippen LogP contribution in [0.2, 0.25) is 0 Å². The number of benzene rings is 1. The summed E-state index contributed by atoms with van der Waals surface area (Å²) in [5.74, 6) is -2.08. The molecule has 1 saturated carbocycles. The number of hydrogen-bond donors (Lipinski definition) is 2. The Labute approximate surface area is 153 Å². The molecule has 1 aromatic carbocycles. The first-order valence-corrected chi connectivity index (χ1v) is 9.28. The van der Waals surface area contributed by atoms with Crippen LogP contribution in [0.5, 0.6) is 0 Å². The number of nitrogens with one attached hydrogen (secondary N) is 1. The van der Waals surface area contributed by atoms with Crippen LogP contribution in [-0.4, -0.2) is 35.5 Å². The molecule has 0 aromatic heterocycles. The van der Waals surface area contributed by atoms with Crippen molar-refractivity contribution in [3.8, 4) is 0 Å². The lowest BCUT2D eigenvalue weighted by atomic mass is 9.86. The highest BCUT2D eigenvalue weighted by Crippen LogP contribution is 2.28. The summed E-state index contributed by atoms with van der Waals surface area (Å²) in [5, 5.41) is 12.0. The van der Waals surface area contributed by atoms with Crippen molar-refractivity contribution in [1.82, 2.24) is 5.32 Å². The van der Waals surface area contributed by atoms with E-state index in [4.69, 9.17) is 5.11 Å². The molecule has 1 aromatic rings. The van der Waals surface area contributed by atoms with Gasteiger partial charge in [-0.05, 0) is 69.2 Å². The molecule has 6 nitrogen and oxygen atoms in total. The molecule has 0 bridgehead atoms. The zero-order valence-corrected chi connectivity index (χ0v) is 15.3. The Balaban J connectivity index is 1.58. The van der Waals surface area contributed by atoms with Gasteiger partial charge in [0, 0.05) is 18.3 Å². The molecule has 2 amide bonds. The summed E-state index contributed by atoms with van der Waals surface area (Å²) in [4.78, 5) is 38.0. The number of nitrogens with zero attached hydrogens (tertiary/aromatic N) is 1. The summed E-state index contributed by atoms with van der Waals surface area (Å²) in [6, 6.07) is 5.88. The number of carboxylic acid groups (broad SMARTS) is 1. The normalized spacial score (nSPS) is 26.0. The minimum atomic E-state index is -0.759. The third kappa shape index (κ3) is 3.74. The first-order chi connectivity index (χ1) is 12.4. The Bertz CT molecular complexity index is 723. The predicted octanol–water partition coefficient (Wildman–Crippen LogP) is 2.42. The van der Waals surface area contributed by atoms with Crippen molar-refractivity contribution in [3.05, 3.63) is 29.3 Å². The lowest BCUT2D eigenvalue weighted by Gasteiger charge is -2.27. The van der Waals surface area contributed by atoms with Gasteiger partial charge in [0.25, 0.3) is 0 Å². The van der Waals surface area contributed by atoms with Gasteiger partial charge in [-0.15, -0.1) is 0 Å². The van der Waals surface area contributed by atoms with E-state index in [1.165, 1.54) is 5.56 Å². The number of carbonyl (C=O) groups is 3. The summed E-state index contributed by atoms with van der Waals surface area (Å²) in [7, 11) is 0. The fraction of sp³-hybridized carbons (Fsp3) is 0.550. The minimum absolute atomic E-state index is 0.0263. The number of carboxylic acids is 1. The second kappa shape index (κ2) is 7.48. The number of rotatable bonds is 4. The summed E-state index contributed by atoms with van der Waals surface area (Å²) in [6.07, 6.45) is 2.98. The van der Waals surface area contributed by atoms with E-state index in [2.05, 4.69) is 5.32 Å². The van der Waals surface area contributed by atoms with E-state index >= 15 is 0 Å².